The van der Waals surface area contributed by atoms with Crippen LogP contribution in [0.5, 0.6) is 0 Å². The number of hydrogen-bond acceptors (Lipinski definition) is 5. The molecule has 6 aromatic rings. The summed E-state index contributed by atoms with van der Waals surface area (Å²) in [6.07, 6.45) is 3.71. The number of aromatic nitrogens is 5. The van der Waals surface area contributed by atoms with Crippen molar-refractivity contribution in [2.75, 3.05) is 0 Å². The smallest absolute Gasteiger partial charge is 0.200 e. The Balaban J connectivity index is 1.43. The fraction of sp³-hybridized carbons (Fsp3) is 0.0882. The fourth-order valence-electron chi connectivity index (χ4n) is 5.23. The molecule has 8 heteroatoms. The maximum absolute atomic E-state index is 13.8. The summed E-state index contributed by atoms with van der Waals surface area (Å²) in [5.74, 6) is -0.210. The number of halogens is 1. The topological polar surface area (TPSA) is 87.6 Å². The van der Waals surface area contributed by atoms with E-state index in [0.717, 1.165) is 32.5 Å². The van der Waals surface area contributed by atoms with E-state index >= 15 is 0 Å². The Kier molecular flexibility index (Phi) is 7.58. The Bertz CT molecular complexity index is 1870. The highest BCUT2D eigenvalue weighted by atomic mass is 35.5. The van der Waals surface area contributed by atoms with Crippen LogP contribution in [0.4, 0.5) is 0 Å². The number of Topliss-reactive ketones (excluding diaryl/α,β-unsaturated/α-hetero) is 1. The number of carbonyl (C=O) groups excluding carboxylic acids is 1. The molecule has 0 unspecified atom stereocenters. The van der Waals surface area contributed by atoms with E-state index in [1.54, 1.807) is 29.9 Å². The largest absolute Gasteiger partial charge is 0.618 e. The molecule has 7 nitrogen and oxygen atoms in total. The second-order valence-electron chi connectivity index (χ2n) is 10.1. The van der Waals surface area contributed by atoms with Gasteiger partial charge in [-0.1, -0.05) is 84.4 Å². The number of benzene rings is 4. The van der Waals surface area contributed by atoms with Gasteiger partial charge in [0.25, 0.3) is 0 Å². The van der Waals surface area contributed by atoms with Gasteiger partial charge in [0.1, 0.15) is 6.33 Å². The minimum Gasteiger partial charge on any atom is -0.618 e. The van der Waals surface area contributed by atoms with Crippen LogP contribution in [0.25, 0.3) is 27.9 Å². The monoisotopic (exact) mass is 571 g/mol. The van der Waals surface area contributed by atoms with E-state index in [0.29, 0.717) is 34.0 Å². The minimum atomic E-state index is -0.228. The van der Waals surface area contributed by atoms with Crippen LogP contribution in [0, 0.1) is 5.21 Å². The molecule has 2 aromatic heterocycles. The van der Waals surface area contributed by atoms with Crippen LogP contribution in [-0.2, 0) is 6.42 Å². The fourth-order valence-corrected chi connectivity index (χ4v) is 5.40. The number of hydrogen-bond donors (Lipinski definition) is 0. The van der Waals surface area contributed by atoms with Gasteiger partial charge in [0.2, 0.25) is 5.69 Å². The molecule has 0 aliphatic heterocycles. The van der Waals surface area contributed by atoms with Gasteiger partial charge >= 0.3 is 0 Å². The van der Waals surface area contributed by atoms with Gasteiger partial charge in [0.15, 0.2) is 12.0 Å². The van der Waals surface area contributed by atoms with Gasteiger partial charge in [0, 0.05) is 27.8 Å². The zero-order valence-electron chi connectivity index (χ0n) is 22.8. The van der Waals surface area contributed by atoms with Crippen LogP contribution in [0.3, 0.4) is 0 Å². The van der Waals surface area contributed by atoms with E-state index in [9.17, 15) is 10.0 Å². The van der Waals surface area contributed by atoms with Crippen molar-refractivity contribution in [2.45, 2.75) is 19.3 Å². The molecule has 1 atom stereocenters. The number of pyridine rings is 1. The maximum Gasteiger partial charge on any atom is 0.200 e. The highest BCUT2D eigenvalue weighted by Gasteiger charge is 2.24. The molecular weight excluding hydrogens is 546 g/mol. The molecule has 206 valence electrons. The van der Waals surface area contributed by atoms with Crippen LogP contribution in [0.1, 0.15) is 40.0 Å². The van der Waals surface area contributed by atoms with Crippen molar-refractivity contribution in [3.05, 3.63) is 154 Å². The van der Waals surface area contributed by atoms with Crippen molar-refractivity contribution in [1.82, 2.24) is 20.2 Å². The molecular formula is C34H26ClN5O2. The van der Waals surface area contributed by atoms with E-state index in [-0.39, 0.29) is 11.7 Å². The molecule has 0 bridgehead atoms. The second-order valence-corrected chi connectivity index (χ2v) is 10.5. The van der Waals surface area contributed by atoms with Gasteiger partial charge in [-0.15, -0.1) is 5.10 Å². The number of ketones is 1. The van der Waals surface area contributed by atoms with Gasteiger partial charge in [-0.2, -0.15) is 9.41 Å². The molecule has 0 aliphatic carbocycles. The third kappa shape index (κ3) is 5.68. The average molecular weight is 572 g/mol. The lowest BCUT2D eigenvalue weighted by molar-refractivity contribution is -0.614. The summed E-state index contributed by atoms with van der Waals surface area (Å²) in [6, 6.07) is 35.1. The Morgan fingerprint density at radius 1 is 0.881 bits per heavy atom. The number of carbonyl (C=O) groups is 1. The average Bonchev–Trinajstić information content (AvgIpc) is 3.56. The van der Waals surface area contributed by atoms with Gasteiger partial charge in [-0.05, 0) is 76.4 Å². The highest BCUT2D eigenvalue weighted by Crippen LogP contribution is 2.33. The molecule has 4 aromatic carbocycles. The van der Waals surface area contributed by atoms with Crippen molar-refractivity contribution in [3.63, 3.8) is 0 Å². The third-order valence-electron chi connectivity index (χ3n) is 7.34. The quantitative estimate of drug-likeness (QED) is 0.113. The zero-order chi connectivity index (χ0) is 29.1. The number of rotatable bonds is 8. The molecule has 0 saturated carbocycles. The standard InChI is InChI=1S/C34H26ClN5O2/c1-23(41)25-9-5-10-26(18-25)27-11-6-12-28(19-27)31(17-24-7-3-2-4-8-24)34-15-13-29(21-40(34)42)32-20-30(35)14-16-33(32)39-22-36-37-38-39/h2-16,18-22,31H,17H2,1H3/t31-/m1/s1. The van der Waals surface area contributed by atoms with Crippen LogP contribution in [0.15, 0.2) is 122 Å². The van der Waals surface area contributed by atoms with Crippen LogP contribution in [0.2, 0.25) is 5.02 Å². The van der Waals surface area contributed by atoms with Crippen molar-refractivity contribution in [2.24, 2.45) is 0 Å². The third-order valence-corrected chi connectivity index (χ3v) is 7.58. The van der Waals surface area contributed by atoms with Gasteiger partial charge in [-0.3, -0.25) is 4.79 Å². The summed E-state index contributed by atoms with van der Waals surface area (Å²) in [4.78, 5) is 12.0. The molecule has 0 radical (unpaired) electrons. The van der Waals surface area contributed by atoms with Crippen molar-refractivity contribution in [1.29, 1.82) is 0 Å². The lowest BCUT2D eigenvalue weighted by atomic mass is 9.86. The van der Waals surface area contributed by atoms with E-state index in [1.165, 1.54) is 6.33 Å². The van der Waals surface area contributed by atoms with Crippen LogP contribution in [-0.4, -0.2) is 26.0 Å². The highest BCUT2D eigenvalue weighted by molar-refractivity contribution is 6.31. The Labute approximate surface area is 248 Å². The molecule has 0 amide bonds. The zero-order valence-corrected chi connectivity index (χ0v) is 23.5. The molecule has 6 rings (SSSR count). The molecule has 2 heterocycles. The van der Waals surface area contributed by atoms with Gasteiger partial charge < -0.3 is 5.21 Å². The summed E-state index contributed by atoms with van der Waals surface area (Å²) in [6.45, 7) is 1.57. The van der Waals surface area contributed by atoms with E-state index in [4.69, 9.17) is 11.6 Å². The lowest BCUT2D eigenvalue weighted by Crippen LogP contribution is -2.34. The Morgan fingerprint density at radius 2 is 1.67 bits per heavy atom. The summed E-state index contributed by atoms with van der Waals surface area (Å²) < 4.78 is 2.48. The van der Waals surface area contributed by atoms with Gasteiger partial charge in [0.05, 0.1) is 11.6 Å². The van der Waals surface area contributed by atoms with Crippen molar-refractivity contribution < 1.29 is 9.52 Å². The first-order chi connectivity index (χ1) is 20.5. The lowest BCUT2D eigenvalue weighted by Gasteiger charge is -2.19. The van der Waals surface area contributed by atoms with Crippen LogP contribution >= 0.6 is 11.6 Å². The first kappa shape index (κ1) is 27.1. The van der Waals surface area contributed by atoms with E-state index in [2.05, 4.69) is 33.7 Å². The molecule has 42 heavy (non-hydrogen) atoms. The first-order valence-corrected chi connectivity index (χ1v) is 13.9. The summed E-state index contributed by atoms with van der Waals surface area (Å²) in [5.41, 5.74) is 7.45. The van der Waals surface area contributed by atoms with E-state index < -0.39 is 0 Å². The number of tetrazole rings is 1. The predicted molar refractivity (Wildman–Crippen MR) is 162 cm³/mol. The molecule has 0 N–H and O–H groups in total. The first-order valence-electron chi connectivity index (χ1n) is 13.5. The molecule has 0 fully saturated rings. The van der Waals surface area contributed by atoms with E-state index in [1.807, 2.05) is 78.9 Å². The van der Waals surface area contributed by atoms with Crippen molar-refractivity contribution >= 4 is 17.4 Å². The summed E-state index contributed by atoms with van der Waals surface area (Å²) in [5, 5.41) is 25.8. The van der Waals surface area contributed by atoms with Gasteiger partial charge in [-0.25, -0.2) is 0 Å². The summed E-state index contributed by atoms with van der Waals surface area (Å²) in [7, 11) is 0. The van der Waals surface area contributed by atoms with Crippen LogP contribution < -0.4 is 4.73 Å². The second kappa shape index (κ2) is 11.8. The molecule has 0 saturated heterocycles. The predicted octanol–water partition coefficient (Wildman–Crippen LogP) is 6.86. The summed E-state index contributed by atoms with van der Waals surface area (Å²) >= 11 is 6.35. The maximum atomic E-state index is 13.8. The molecule has 0 aliphatic rings. The Hall–Kier alpha value is -5.14. The van der Waals surface area contributed by atoms with Crippen molar-refractivity contribution in [3.8, 4) is 27.9 Å². The number of nitrogens with zero attached hydrogens (tertiary/aromatic N) is 5. The Morgan fingerprint density at radius 3 is 2.40 bits per heavy atom. The SMILES string of the molecule is CC(=O)c1cccc(-c2cccc([C@@H](Cc3ccccc3)c3ccc(-c4cc(Cl)ccc4-n4cnnn4)c[n+]3[O-])c2)c1. The molecule has 0 spiro atoms. The normalized spacial score (nSPS) is 11.8. The minimum absolute atomic E-state index is 0.0189.